The predicted octanol–water partition coefficient (Wildman–Crippen LogP) is 3.95. The Bertz CT molecular complexity index is 719. The fraction of sp³-hybridized carbons (Fsp3) is 0.524. The minimum Gasteiger partial charge on any atom is -0.441 e. The molecule has 29 heavy (non-hydrogen) atoms. The van der Waals surface area contributed by atoms with Gasteiger partial charge in [-0.1, -0.05) is 60.2 Å². The maximum Gasteiger partial charge on any atom is 0.241 e. The van der Waals surface area contributed by atoms with E-state index in [0.717, 1.165) is 10.7 Å². The van der Waals surface area contributed by atoms with Crippen LogP contribution in [0.25, 0.3) is 6.08 Å². The van der Waals surface area contributed by atoms with Crippen molar-refractivity contribution in [1.29, 1.82) is 0 Å². The van der Waals surface area contributed by atoms with Crippen LogP contribution in [0.15, 0.2) is 40.2 Å². The van der Waals surface area contributed by atoms with Crippen molar-refractivity contribution in [2.24, 2.45) is 0 Å². The summed E-state index contributed by atoms with van der Waals surface area (Å²) in [7, 11) is 0. The van der Waals surface area contributed by atoms with Gasteiger partial charge in [0.15, 0.2) is 5.50 Å². The van der Waals surface area contributed by atoms with Crippen LogP contribution in [0.5, 0.6) is 0 Å². The average molecular weight is 422 g/mol. The molecule has 2 aliphatic rings. The second-order valence-corrected chi connectivity index (χ2v) is 8.03. The van der Waals surface area contributed by atoms with E-state index in [1.807, 2.05) is 63.3 Å². The second kappa shape index (κ2) is 12.3. The molecular weight excluding hydrogens is 386 g/mol. The van der Waals surface area contributed by atoms with E-state index >= 15 is 0 Å². The molecule has 3 rings (SSSR count). The first-order valence-electron chi connectivity index (χ1n) is 10.1. The molecule has 3 N–H and O–H groups in total. The standard InChI is InChI=1S/C17H23N5O2S.2C2H6/c1-17(2,3)13-9-19-15(24-13)5-4-12-8-20-16(25-12)21-14(23)10-22-7-6-18-11-22;2*1-2/h4-9,16,18,20H,10-11H2,1-3H3,(H,21,23);2*1-2H3/b5-4-;;. The molecule has 3 heterocycles. The van der Waals surface area contributed by atoms with Gasteiger partial charge in [-0.05, 0) is 6.08 Å². The molecule has 0 spiro atoms. The van der Waals surface area contributed by atoms with Gasteiger partial charge >= 0.3 is 0 Å². The zero-order chi connectivity index (χ0) is 21.9. The topological polar surface area (TPSA) is 82.4 Å². The van der Waals surface area contributed by atoms with E-state index < -0.39 is 0 Å². The van der Waals surface area contributed by atoms with E-state index in [0.29, 0.717) is 19.1 Å². The highest BCUT2D eigenvalue weighted by Gasteiger charge is 2.20. The van der Waals surface area contributed by atoms with Crippen LogP contribution in [0.3, 0.4) is 0 Å². The van der Waals surface area contributed by atoms with Crippen molar-refractivity contribution in [2.45, 2.75) is 59.4 Å². The summed E-state index contributed by atoms with van der Waals surface area (Å²) in [5, 5.41) is 9.12. The van der Waals surface area contributed by atoms with Gasteiger partial charge in [0.2, 0.25) is 11.8 Å². The number of nitrogens with zero attached hydrogens (tertiary/aromatic N) is 2. The van der Waals surface area contributed by atoms with Crippen molar-refractivity contribution >= 4 is 23.7 Å². The molecule has 8 heteroatoms. The summed E-state index contributed by atoms with van der Waals surface area (Å²) in [6, 6.07) is 0. The summed E-state index contributed by atoms with van der Waals surface area (Å²) >= 11 is 1.54. The molecule has 2 aliphatic heterocycles. The van der Waals surface area contributed by atoms with Crippen LogP contribution in [0.4, 0.5) is 0 Å². The van der Waals surface area contributed by atoms with Gasteiger partial charge in [-0.3, -0.25) is 4.79 Å². The maximum absolute atomic E-state index is 12.0. The Morgan fingerprint density at radius 1 is 1.34 bits per heavy atom. The molecule has 162 valence electrons. The van der Waals surface area contributed by atoms with Gasteiger partial charge in [0.25, 0.3) is 0 Å². The zero-order valence-electron chi connectivity index (χ0n) is 18.6. The number of hydrogen-bond donors (Lipinski definition) is 3. The van der Waals surface area contributed by atoms with Crippen molar-refractivity contribution in [1.82, 2.24) is 25.8 Å². The monoisotopic (exact) mass is 421 g/mol. The number of carbonyl (C=O) groups is 1. The first-order chi connectivity index (χ1) is 13.9. The number of nitrogens with one attached hydrogen (secondary N) is 3. The lowest BCUT2D eigenvalue weighted by molar-refractivity contribution is -0.121. The number of thioether (sulfide) groups is 1. The molecule has 0 saturated heterocycles. The molecule has 1 unspecified atom stereocenters. The summed E-state index contributed by atoms with van der Waals surface area (Å²) in [5.74, 6) is 1.40. The Hall–Kier alpha value is -2.35. The Morgan fingerprint density at radius 2 is 2.07 bits per heavy atom. The summed E-state index contributed by atoms with van der Waals surface area (Å²) < 4.78 is 5.73. The predicted molar refractivity (Wildman–Crippen MR) is 122 cm³/mol. The molecule has 1 aromatic rings. The first-order valence-corrected chi connectivity index (χ1v) is 11.0. The fourth-order valence-corrected chi connectivity index (χ4v) is 3.13. The van der Waals surface area contributed by atoms with Crippen LogP contribution in [0, 0.1) is 0 Å². The number of oxazole rings is 1. The van der Waals surface area contributed by atoms with Crippen molar-refractivity contribution in [3.8, 4) is 0 Å². The minimum atomic E-state index is -0.165. The molecule has 0 bridgehead atoms. The number of aromatic nitrogens is 1. The van der Waals surface area contributed by atoms with Gasteiger partial charge in [0, 0.05) is 35.0 Å². The van der Waals surface area contributed by atoms with Crippen LogP contribution in [0.2, 0.25) is 0 Å². The quantitative estimate of drug-likeness (QED) is 0.664. The average Bonchev–Trinajstić information content (AvgIpc) is 3.45. The molecule has 7 nitrogen and oxygen atoms in total. The first kappa shape index (κ1) is 24.7. The SMILES string of the molecule is CC.CC.CC(C)(C)c1cnc(/C=C\C2=CNC(NC(=O)CN3C=CNC3)S2)o1. The largest absolute Gasteiger partial charge is 0.441 e. The third-order valence-corrected chi connectivity index (χ3v) is 4.64. The Kier molecular flexibility index (Phi) is 10.4. The number of rotatable bonds is 5. The summed E-state index contributed by atoms with van der Waals surface area (Å²) in [5.41, 5.74) is -0.223. The van der Waals surface area contributed by atoms with Crippen LogP contribution >= 0.6 is 11.8 Å². The molecular formula is C21H35N5O2S. The van der Waals surface area contributed by atoms with Crippen molar-refractivity contribution in [2.75, 3.05) is 13.2 Å². The summed E-state index contributed by atoms with van der Waals surface area (Å²) in [6.45, 7) is 15.3. The van der Waals surface area contributed by atoms with Crippen LogP contribution in [0.1, 0.15) is 60.1 Å². The highest BCUT2D eigenvalue weighted by Crippen LogP contribution is 2.27. The van der Waals surface area contributed by atoms with Gasteiger partial charge in [0.05, 0.1) is 19.4 Å². The molecule has 0 radical (unpaired) electrons. The second-order valence-electron chi connectivity index (χ2n) is 6.85. The van der Waals surface area contributed by atoms with E-state index in [9.17, 15) is 4.79 Å². The van der Waals surface area contributed by atoms with E-state index in [1.165, 1.54) is 11.8 Å². The van der Waals surface area contributed by atoms with Crippen LogP contribution in [-0.2, 0) is 10.2 Å². The van der Waals surface area contributed by atoms with E-state index in [2.05, 4.69) is 41.7 Å². The number of allylic oxidation sites excluding steroid dienone is 1. The van der Waals surface area contributed by atoms with Gasteiger partial charge < -0.3 is 25.3 Å². The molecule has 0 saturated carbocycles. The summed E-state index contributed by atoms with van der Waals surface area (Å²) in [6.07, 6.45) is 11.1. The fourth-order valence-electron chi connectivity index (χ4n) is 2.25. The lowest BCUT2D eigenvalue weighted by Crippen LogP contribution is -2.43. The third kappa shape index (κ3) is 8.27. The number of amides is 1. The van der Waals surface area contributed by atoms with E-state index in [4.69, 9.17) is 4.42 Å². The normalized spacial score (nSPS) is 17.6. The van der Waals surface area contributed by atoms with Crippen LogP contribution < -0.4 is 16.0 Å². The molecule has 0 fully saturated rings. The van der Waals surface area contributed by atoms with E-state index in [-0.39, 0.29) is 16.8 Å². The molecule has 1 amide bonds. The lowest BCUT2D eigenvalue weighted by atomic mass is 9.94. The number of hydrogen-bond acceptors (Lipinski definition) is 7. The maximum atomic E-state index is 12.0. The van der Waals surface area contributed by atoms with Crippen molar-refractivity contribution in [3.05, 3.63) is 47.4 Å². The Morgan fingerprint density at radius 3 is 2.66 bits per heavy atom. The van der Waals surface area contributed by atoms with Gasteiger partial charge in [-0.15, -0.1) is 0 Å². The van der Waals surface area contributed by atoms with Gasteiger partial charge in [0.1, 0.15) is 5.76 Å². The van der Waals surface area contributed by atoms with Crippen molar-refractivity contribution < 1.29 is 9.21 Å². The molecule has 0 aromatic carbocycles. The van der Waals surface area contributed by atoms with Crippen molar-refractivity contribution in [3.63, 3.8) is 0 Å². The molecule has 1 aromatic heterocycles. The Labute approximate surface area is 179 Å². The number of carbonyl (C=O) groups excluding carboxylic acids is 1. The smallest absolute Gasteiger partial charge is 0.241 e. The summed E-state index contributed by atoms with van der Waals surface area (Å²) in [4.78, 5) is 19.2. The minimum absolute atomic E-state index is 0.0282. The Balaban J connectivity index is 0.000000989. The van der Waals surface area contributed by atoms with Gasteiger partial charge in [-0.2, -0.15) is 0 Å². The molecule has 0 aliphatic carbocycles. The molecule has 1 atom stereocenters. The lowest BCUT2D eigenvalue weighted by Gasteiger charge is -2.17. The highest BCUT2D eigenvalue weighted by molar-refractivity contribution is 8.04. The zero-order valence-corrected chi connectivity index (χ0v) is 19.4. The van der Waals surface area contributed by atoms with Crippen LogP contribution in [-0.4, -0.2) is 34.5 Å². The third-order valence-electron chi connectivity index (χ3n) is 3.62. The highest BCUT2D eigenvalue weighted by atomic mass is 32.2. The van der Waals surface area contributed by atoms with Gasteiger partial charge in [-0.25, -0.2) is 4.98 Å². The van der Waals surface area contributed by atoms with E-state index in [1.54, 1.807) is 6.20 Å².